The normalized spacial score (nSPS) is 22.0. The van der Waals surface area contributed by atoms with Gasteiger partial charge in [0.1, 0.15) is 0 Å². The van der Waals surface area contributed by atoms with E-state index >= 15 is 0 Å². The Morgan fingerprint density at radius 1 is 1.24 bits per heavy atom. The Morgan fingerprint density at radius 2 is 1.96 bits per heavy atom. The van der Waals surface area contributed by atoms with E-state index in [1.165, 1.54) is 29.8 Å². The van der Waals surface area contributed by atoms with Crippen molar-refractivity contribution < 1.29 is 0 Å². The topological polar surface area (TPSA) is 41.7 Å². The first kappa shape index (κ1) is 16.7. The Morgan fingerprint density at radius 3 is 2.60 bits per heavy atom. The lowest BCUT2D eigenvalue weighted by Crippen LogP contribution is -2.31. The summed E-state index contributed by atoms with van der Waals surface area (Å²) in [7, 11) is 0. The lowest BCUT2D eigenvalue weighted by Gasteiger charge is -2.21. The number of hydrazone groups is 1. The highest BCUT2D eigenvalue weighted by Gasteiger charge is 2.27. The van der Waals surface area contributed by atoms with Crippen molar-refractivity contribution in [3.63, 3.8) is 0 Å². The molecule has 0 spiro atoms. The Labute approximate surface area is 157 Å². The number of nitrogens with one attached hydrogen (secondary N) is 1. The van der Waals surface area contributed by atoms with Gasteiger partial charge in [0.15, 0.2) is 5.17 Å². The number of halogens is 1. The summed E-state index contributed by atoms with van der Waals surface area (Å²) in [5.74, 6) is 0. The van der Waals surface area contributed by atoms with Crippen LogP contribution in [0.15, 0.2) is 40.4 Å². The molecule has 0 saturated heterocycles. The summed E-state index contributed by atoms with van der Waals surface area (Å²) < 4.78 is 2.25. The van der Waals surface area contributed by atoms with Gasteiger partial charge in [0.05, 0.1) is 17.0 Å². The molecule has 1 N–H and O–H groups in total. The van der Waals surface area contributed by atoms with Gasteiger partial charge < -0.3 is 4.57 Å². The lowest BCUT2D eigenvalue weighted by molar-refractivity contribution is 0.956. The molecule has 1 aromatic carbocycles. The molecule has 1 fully saturated rings. The van der Waals surface area contributed by atoms with E-state index in [0.29, 0.717) is 6.04 Å². The summed E-state index contributed by atoms with van der Waals surface area (Å²) in [5, 5.41) is 6.62. The number of rotatable bonds is 3. The zero-order valence-corrected chi connectivity index (χ0v) is 16.2. The van der Waals surface area contributed by atoms with E-state index in [4.69, 9.17) is 11.6 Å². The van der Waals surface area contributed by atoms with Crippen molar-refractivity contribution in [3.8, 4) is 5.69 Å². The van der Waals surface area contributed by atoms with Crippen molar-refractivity contribution in [1.82, 2.24) is 9.99 Å². The maximum Gasteiger partial charge on any atom is 0.178 e. The number of amidine groups is 1. The molecule has 2 aliphatic rings. The highest BCUT2D eigenvalue weighted by atomic mass is 35.5. The summed E-state index contributed by atoms with van der Waals surface area (Å²) in [6.45, 7) is 6.46. The summed E-state index contributed by atoms with van der Waals surface area (Å²) in [4.78, 5) is 4.67. The van der Waals surface area contributed by atoms with Crippen LogP contribution in [0.3, 0.4) is 0 Å². The molecule has 0 amide bonds. The zero-order chi connectivity index (χ0) is 17.6. The van der Waals surface area contributed by atoms with Crippen LogP contribution in [-0.4, -0.2) is 26.7 Å². The van der Waals surface area contributed by atoms with Gasteiger partial charge in [-0.05, 0) is 63.9 Å². The van der Waals surface area contributed by atoms with Crippen LogP contribution < -0.4 is 5.43 Å². The SMILES string of the molecule is Cc1cc(C2=NNC(=NC3CC3)S[C@H]2C)c(C)n1-c1ccc(Cl)cc1. The van der Waals surface area contributed by atoms with Gasteiger partial charge in [-0.25, -0.2) is 0 Å². The van der Waals surface area contributed by atoms with Crippen molar-refractivity contribution in [2.24, 2.45) is 10.1 Å². The van der Waals surface area contributed by atoms with Crippen LogP contribution >= 0.6 is 23.4 Å². The smallest absolute Gasteiger partial charge is 0.178 e. The second-order valence-corrected chi connectivity index (χ2v) is 8.40. The number of aromatic nitrogens is 1. The third kappa shape index (κ3) is 3.35. The fourth-order valence-electron chi connectivity index (χ4n) is 3.17. The molecule has 1 aliphatic carbocycles. The molecule has 2 heterocycles. The molecular formula is C19H21ClN4S. The predicted molar refractivity (Wildman–Crippen MR) is 107 cm³/mol. The number of aliphatic imine (C=N–C) groups is 1. The minimum Gasteiger partial charge on any atom is -0.318 e. The van der Waals surface area contributed by atoms with Gasteiger partial charge in [-0.2, -0.15) is 5.10 Å². The van der Waals surface area contributed by atoms with Gasteiger partial charge in [0.2, 0.25) is 0 Å². The molecule has 0 bridgehead atoms. The second kappa shape index (κ2) is 6.54. The quantitative estimate of drug-likeness (QED) is 0.848. The first-order chi connectivity index (χ1) is 12.0. The Hall–Kier alpha value is -1.72. The molecule has 4 rings (SSSR count). The maximum atomic E-state index is 6.03. The molecule has 1 atom stereocenters. The van der Waals surface area contributed by atoms with E-state index in [1.54, 1.807) is 11.8 Å². The summed E-state index contributed by atoms with van der Waals surface area (Å²) in [5.41, 5.74) is 8.90. The van der Waals surface area contributed by atoms with Gasteiger partial charge in [-0.15, -0.1) is 0 Å². The Kier molecular flexibility index (Phi) is 4.38. The average molecular weight is 373 g/mol. The van der Waals surface area contributed by atoms with Crippen molar-refractivity contribution >= 4 is 34.2 Å². The minimum atomic E-state index is 0.276. The second-order valence-electron chi connectivity index (χ2n) is 6.63. The molecule has 4 nitrogen and oxygen atoms in total. The molecule has 0 radical (unpaired) electrons. The number of benzene rings is 1. The molecular weight excluding hydrogens is 352 g/mol. The molecule has 6 heteroatoms. The maximum absolute atomic E-state index is 6.03. The molecule has 2 aromatic rings. The first-order valence-electron chi connectivity index (χ1n) is 8.56. The van der Waals surface area contributed by atoms with E-state index in [2.05, 4.69) is 46.9 Å². The molecule has 25 heavy (non-hydrogen) atoms. The van der Waals surface area contributed by atoms with E-state index in [0.717, 1.165) is 21.6 Å². The number of nitrogens with zero attached hydrogens (tertiary/aromatic N) is 3. The van der Waals surface area contributed by atoms with Crippen LogP contribution in [0.25, 0.3) is 5.69 Å². The first-order valence-corrected chi connectivity index (χ1v) is 9.82. The number of aryl methyl sites for hydroxylation is 1. The molecule has 1 aromatic heterocycles. The third-order valence-corrected chi connectivity index (χ3v) is 5.83. The average Bonchev–Trinajstić information content (AvgIpc) is 3.34. The Bertz CT molecular complexity index is 862. The van der Waals surface area contributed by atoms with Gasteiger partial charge in [-0.1, -0.05) is 23.4 Å². The van der Waals surface area contributed by atoms with Crippen LogP contribution in [0.1, 0.15) is 36.7 Å². The zero-order valence-electron chi connectivity index (χ0n) is 14.6. The summed E-state index contributed by atoms with van der Waals surface area (Å²) in [6.07, 6.45) is 2.41. The van der Waals surface area contributed by atoms with Crippen LogP contribution in [0.5, 0.6) is 0 Å². The monoisotopic (exact) mass is 372 g/mol. The van der Waals surface area contributed by atoms with Gasteiger partial charge >= 0.3 is 0 Å². The van der Waals surface area contributed by atoms with E-state index in [9.17, 15) is 0 Å². The van der Waals surface area contributed by atoms with Crippen molar-refractivity contribution in [2.45, 2.75) is 44.9 Å². The van der Waals surface area contributed by atoms with Crippen molar-refractivity contribution in [3.05, 3.63) is 52.3 Å². The fourth-order valence-corrected chi connectivity index (χ4v) is 4.23. The molecule has 130 valence electrons. The number of hydrogen-bond acceptors (Lipinski definition) is 3. The minimum absolute atomic E-state index is 0.276. The van der Waals surface area contributed by atoms with Crippen LogP contribution in [0.4, 0.5) is 0 Å². The standard InChI is InChI=1S/C19H21ClN4S/c1-11-10-17(12(2)24(11)16-8-4-14(20)5-9-16)18-13(3)25-19(23-22-18)21-15-6-7-15/h4-5,8-10,13,15H,6-7H2,1-3H3,(H,21,23)/t13-/m0/s1. The van der Waals surface area contributed by atoms with E-state index in [1.807, 2.05) is 24.3 Å². The molecule has 1 aliphatic heterocycles. The van der Waals surface area contributed by atoms with Crippen molar-refractivity contribution in [1.29, 1.82) is 0 Å². The summed E-state index contributed by atoms with van der Waals surface area (Å²) in [6, 6.07) is 10.7. The molecule has 1 saturated carbocycles. The van der Waals surface area contributed by atoms with Crippen molar-refractivity contribution in [2.75, 3.05) is 0 Å². The number of thioether (sulfide) groups is 1. The highest BCUT2D eigenvalue weighted by molar-refractivity contribution is 8.15. The Balaban J connectivity index is 1.68. The van der Waals surface area contributed by atoms with Crippen LogP contribution in [0, 0.1) is 13.8 Å². The molecule has 0 unspecified atom stereocenters. The van der Waals surface area contributed by atoms with E-state index in [-0.39, 0.29) is 5.25 Å². The lowest BCUT2D eigenvalue weighted by atomic mass is 10.1. The number of hydrogen-bond donors (Lipinski definition) is 1. The van der Waals surface area contributed by atoms with E-state index < -0.39 is 0 Å². The highest BCUT2D eigenvalue weighted by Crippen LogP contribution is 2.30. The van der Waals surface area contributed by atoms with Crippen LogP contribution in [-0.2, 0) is 0 Å². The van der Waals surface area contributed by atoms with Gasteiger partial charge in [0, 0.05) is 27.7 Å². The van der Waals surface area contributed by atoms with Crippen LogP contribution in [0.2, 0.25) is 5.02 Å². The third-order valence-electron chi connectivity index (χ3n) is 4.58. The largest absolute Gasteiger partial charge is 0.318 e. The summed E-state index contributed by atoms with van der Waals surface area (Å²) >= 11 is 7.79. The fraction of sp³-hybridized carbons (Fsp3) is 0.368. The van der Waals surface area contributed by atoms with Gasteiger partial charge in [0.25, 0.3) is 0 Å². The van der Waals surface area contributed by atoms with Gasteiger partial charge in [-0.3, -0.25) is 10.4 Å². The predicted octanol–water partition coefficient (Wildman–Crippen LogP) is 4.69.